The highest BCUT2D eigenvalue weighted by Crippen LogP contribution is 2.24. The lowest BCUT2D eigenvalue weighted by Crippen LogP contribution is -2.44. The normalized spacial score (nSPS) is 12.3. The summed E-state index contributed by atoms with van der Waals surface area (Å²) in [5.74, 6) is 0. The zero-order valence-electron chi connectivity index (χ0n) is 13.9. The lowest BCUT2D eigenvalue weighted by molar-refractivity contribution is 0.159. The average molecular weight is 319 g/mol. The summed E-state index contributed by atoms with van der Waals surface area (Å²) in [5, 5.41) is 16.1. The molecule has 2 aromatic rings. The van der Waals surface area contributed by atoms with Crippen LogP contribution in [0, 0.1) is 6.92 Å². The van der Waals surface area contributed by atoms with Gasteiger partial charge in [0, 0.05) is 37.4 Å². The van der Waals surface area contributed by atoms with Gasteiger partial charge >= 0.3 is 6.03 Å². The molecule has 0 aliphatic rings. The van der Waals surface area contributed by atoms with Crippen molar-refractivity contribution in [2.24, 2.45) is 7.05 Å². The van der Waals surface area contributed by atoms with Crippen LogP contribution in [0.2, 0.25) is 0 Å². The van der Waals surface area contributed by atoms with Crippen LogP contribution < -0.4 is 10.6 Å². The van der Waals surface area contributed by atoms with Crippen LogP contribution in [0.25, 0.3) is 10.9 Å². The van der Waals surface area contributed by atoms with Crippen molar-refractivity contribution in [3.8, 4) is 0 Å². The summed E-state index contributed by atoms with van der Waals surface area (Å²) >= 11 is 0. The second kappa shape index (κ2) is 7.99. The molecule has 1 heterocycles. The van der Waals surface area contributed by atoms with Crippen LogP contribution in [-0.2, 0) is 18.3 Å². The molecule has 6 nitrogen and oxygen atoms in total. The Kier molecular flexibility index (Phi) is 6.01. The number of benzene rings is 1. The number of nitrogens with zero attached hydrogens (tertiary/aromatic N) is 1. The van der Waals surface area contributed by atoms with E-state index in [0.717, 1.165) is 11.2 Å². The largest absolute Gasteiger partial charge is 0.394 e. The standard InChI is InChI=1S/C17H25N3O3/c1-12-14-6-4-5-7-15(14)20(2)16(12)10-18-17(22)19-13(11-21)8-9-23-3/h4-7,13,21H,8-11H2,1-3H3,(H2,18,19,22)/t13-/m1/s1. The Morgan fingerprint density at radius 2 is 2.13 bits per heavy atom. The van der Waals surface area contributed by atoms with Gasteiger partial charge in [-0.1, -0.05) is 18.2 Å². The number of urea groups is 1. The lowest BCUT2D eigenvalue weighted by Gasteiger charge is -2.16. The number of carbonyl (C=O) groups is 1. The van der Waals surface area contributed by atoms with Crippen LogP contribution in [0.15, 0.2) is 24.3 Å². The molecular formula is C17H25N3O3. The minimum Gasteiger partial charge on any atom is -0.394 e. The topological polar surface area (TPSA) is 75.5 Å². The number of amides is 2. The van der Waals surface area contributed by atoms with Crippen molar-refractivity contribution < 1.29 is 14.6 Å². The van der Waals surface area contributed by atoms with Crippen LogP contribution in [0.5, 0.6) is 0 Å². The molecule has 0 radical (unpaired) electrons. The fourth-order valence-corrected chi connectivity index (χ4v) is 2.76. The Balaban J connectivity index is 1.99. The highest BCUT2D eigenvalue weighted by molar-refractivity contribution is 5.85. The highest BCUT2D eigenvalue weighted by Gasteiger charge is 2.14. The zero-order valence-corrected chi connectivity index (χ0v) is 13.9. The number of aromatic nitrogens is 1. The summed E-state index contributed by atoms with van der Waals surface area (Å²) in [6, 6.07) is 7.58. The number of ether oxygens (including phenoxy) is 1. The van der Waals surface area contributed by atoms with Crippen LogP contribution in [0.1, 0.15) is 17.7 Å². The van der Waals surface area contributed by atoms with Gasteiger partial charge in [0.25, 0.3) is 0 Å². The zero-order chi connectivity index (χ0) is 16.8. The van der Waals surface area contributed by atoms with Gasteiger partial charge in [-0.25, -0.2) is 4.79 Å². The van der Waals surface area contributed by atoms with Gasteiger partial charge < -0.3 is 25.0 Å². The first-order valence-electron chi connectivity index (χ1n) is 7.75. The maximum absolute atomic E-state index is 12.0. The molecule has 23 heavy (non-hydrogen) atoms. The van der Waals surface area contributed by atoms with E-state index >= 15 is 0 Å². The van der Waals surface area contributed by atoms with E-state index in [4.69, 9.17) is 4.74 Å². The predicted octanol–water partition coefficient (Wildman–Crippen LogP) is 1.68. The van der Waals surface area contributed by atoms with Crippen LogP contribution in [0.4, 0.5) is 4.79 Å². The Bertz CT molecular complexity index is 627. The SMILES string of the molecule is COCC[C@H](CO)NC(=O)NCc1c(C)c2ccccc2n1C. The third kappa shape index (κ3) is 4.03. The molecule has 0 bridgehead atoms. The van der Waals surface area contributed by atoms with E-state index in [0.29, 0.717) is 19.6 Å². The van der Waals surface area contributed by atoms with Crippen LogP contribution in [-0.4, -0.2) is 42.1 Å². The number of aryl methyl sites for hydroxylation is 2. The summed E-state index contributed by atoms with van der Waals surface area (Å²) < 4.78 is 7.06. The van der Waals surface area contributed by atoms with Crippen molar-refractivity contribution in [1.29, 1.82) is 0 Å². The first-order valence-corrected chi connectivity index (χ1v) is 7.75. The number of rotatable bonds is 7. The Hall–Kier alpha value is -2.05. The van der Waals surface area contributed by atoms with E-state index in [1.165, 1.54) is 10.9 Å². The molecule has 0 fully saturated rings. The minimum absolute atomic E-state index is 0.107. The Morgan fingerprint density at radius 3 is 2.78 bits per heavy atom. The molecule has 126 valence electrons. The number of nitrogens with one attached hydrogen (secondary N) is 2. The van der Waals surface area contributed by atoms with Gasteiger partial charge in [0.1, 0.15) is 0 Å². The van der Waals surface area contributed by atoms with Crippen molar-refractivity contribution in [3.05, 3.63) is 35.5 Å². The summed E-state index contributed by atoms with van der Waals surface area (Å²) in [7, 11) is 3.59. The average Bonchev–Trinajstić information content (AvgIpc) is 2.81. The molecule has 0 unspecified atom stereocenters. The number of para-hydroxylation sites is 1. The van der Waals surface area contributed by atoms with Crippen molar-refractivity contribution >= 4 is 16.9 Å². The van der Waals surface area contributed by atoms with Crippen molar-refractivity contribution in [1.82, 2.24) is 15.2 Å². The second-order valence-electron chi connectivity index (χ2n) is 5.64. The number of fused-ring (bicyclic) bond motifs is 1. The monoisotopic (exact) mass is 319 g/mol. The quantitative estimate of drug-likeness (QED) is 0.727. The number of hydrogen-bond donors (Lipinski definition) is 3. The smallest absolute Gasteiger partial charge is 0.315 e. The number of carbonyl (C=O) groups excluding carboxylic acids is 1. The Labute approximate surface area is 136 Å². The van der Waals surface area contributed by atoms with Crippen molar-refractivity contribution in [2.75, 3.05) is 20.3 Å². The predicted molar refractivity (Wildman–Crippen MR) is 90.4 cm³/mol. The molecule has 1 aromatic heterocycles. The maximum atomic E-state index is 12.0. The summed E-state index contributed by atoms with van der Waals surface area (Å²) in [5.41, 5.74) is 3.39. The number of aliphatic hydroxyl groups excluding tert-OH is 1. The molecule has 1 aromatic carbocycles. The first-order chi connectivity index (χ1) is 11.1. The summed E-state index contributed by atoms with van der Waals surface area (Å²) in [6.45, 7) is 2.88. The highest BCUT2D eigenvalue weighted by atomic mass is 16.5. The third-order valence-electron chi connectivity index (χ3n) is 4.15. The molecule has 0 aliphatic heterocycles. The van der Waals surface area contributed by atoms with E-state index in [9.17, 15) is 9.90 Å². The lowest BCUT2D eigenvalue weighted by atomic mass is 10.1. The van der Waals surface area contributed by atoms with E-state index in [1.807, 2.05) is 19.2 Å². The molecule has 0 aliphatic carbocycles. The van der Waals surface area contributed by atoms with Crippen LogP contribution in [0.3, 0.4) is 0 Å². The maximum Gasteiger partial charge on any atom is 0.315 e. The number of aliphatic hydroxyl groups is 1. The Morgan fingerprint density at radius 1 is 1.39 bits per heavy atom. The second-order valence-corrected chi connectivity index (χ2v) is 5.64. The molecule has 0 saturated carbocycles. The molecule has 6 heteroatoms. The van der Waals surface area contributed by atoms with Crippen molar-refractivity contribution in [2.45, 2.75) is 25.9 Å². The number of hydrogen-bond acceptors (Lipinski definition) is 3. The van der Waals surface area contributed by atoms with E-state index in [-0.39, 0.29) is 18.7 Å². The molecule has 0 spiro atoms. The van der Waals surface area contributed by atoms with E-state index < -0.39 is 0 Å². The first kappa shape index (κ1) is 17.3. The van der Waals surface area contributed by atoms with Gasteiger partial charge in [-0.15, -0.1) is 0 Å². The molecule has 1 atom stereocenters. The van der Waals surface area contributed by atoms with Gasteiger partial charge in [-0.05, 0) is 25.0 Å². The van der Waals surface area contributed by atoms with E-state index in [2.05, 4.69) is 34.3 Å². The van der Waals surface area contributed by atoms with Gasteiger partial charge in [-0.3, -0.25) is 0 Å². The molecule has 2 amide bonds. The molecular weight excluding hydrogens is 294 g/mol. The van der Waals surface area contributed by atoms with Gasteiger partial charge in [0.15, 0.2) is 0 Å². The van der Waals surface area contributed by atoms with Crippen molar-refractivity contribution in [3.63, 3.8) is 0 Å². The third-order valence-corrected chi connectivity index (χ3v) is 4.15. The summed E-state index contributed by atoms with van der Waals surface area (Å²) in [6.07, 6.45) is 0.577. The number of methoxy groups -OCH3 is 1. The van der Waals surface area contributed by atoms with Crippen LogP contribution >= 0.6 is 0 Å². The molecule has 0 saturated heterocycles. The minimum atomic E-state index is -0.302. The van der Waals surface area contributed by atoms with E-state index in [1.54, 1.807) is 7.11 Å². The van der Waals surface area contributed by atoms with Gasteiger partial charge in [0.2, 0.25) is 0 Å². The fraction of sp³-hybridized carbons (Fsp3) is 0.471. The fourth-order valence-electron chi connectivity index (χ4n) is 2.76. The molecule has 3 N–H and O–H groups in total. The van der Waals surface area contributed by atoms with Gasteiger partial charge in [-0.2, -0.15) is 0 Å². The molecule has 2 rings (SSSR count). The van der Waals surface area contributed by atoms with Gasteiger partial charge in [0.05, 0.1) is 19.2 Å². The summed E-state index contributed by atoms with van der Waals surface area (Å²) in [4.78, 5) is 12.0.